The number of para-hydroxylation sites is 1. The van der Waals surface area contributed by atoms with E-state index in [2.05, 4.69) is 64.9 Å². The van der Waals surface area contributed by atoms with Crippen molar-refractivity contribution in [1.29, 1.82) is 0 Å². The Bertz CT molecular complexity index is 554. The molecule has 0 saturated carbocycles. The van der Waals surface area contributed by atoms with E-state index in [0.29, 0.717) is 0 Å². The van der Waals surface area contributed by atoms with E-state index in [-0.39, 0.29) is 24.0 Å². The maximum absolute atomic E-state index is 4.57. The first kappa shape index (κ1) is 17.8. The normalized spacial score (nSPS) is 10.0. The molecule has 0 spiro atoms. The topological polar surface area (TPSA) is 52.2 Å². The van der Waals surface area contributed by atoms with Crippen molar-refractivity contribution in [3.8, 4) is 0 Å². The second-order valence-corrected chi connectivity index (χ2v) is 4.75. The molecule has 0 aliphatic carbocycles. The van der Waals surface area contributed by atoms with Crippen molar-refractivity contribution >= 4 is 40.8 Å². The van der Waals surface area contributed by atoms with Gasteiger partial charge in [-0.3, -0.25) is 4.99 Å². The number of aromatic nitrogens is 1. The van der Waals surface area contributed by atoms with Crippen molar-refractivity contribution in [2.45, 2.75) is 26.7 Å². The van der Waals surface area contributed by atoms with Gasteiger partial charge in [0, 0.05) is 36.7 Å². The SMILES string of the molecule is CCNC(=NCCCc1c[nH]c2ccccc12)NCC.I. The van der Waals surface area contributed by atoms with Gasteiger partial charge in [0.15, 0.2) is 5.96 Å². The fourth-order valence-electron chi connectivity index (χ4n) is 2.31. The lowest BCUT2D eigenvalue weighted by molar-refractivity contribution is 0.797. The van der Waals surface area contributed by atoms with Crippen LogP contribution in [0.5, 0.6) is 0 Å². The number of benzene rings is 1. The summed E-state index contributed by atoms with van der Waals surface area (Å²) in [6.07, 6.45) is 4.23. The number of rotatable bonds is 6. The molecule has 0 fully saturated rings. The molecule has 5 heteroatoms. The number of hydrogen-bond donors (Lipinski definition) is 3. The summed E-state index contributed by atoms with van der Waals surface area (Å²) in [7, 11) is 0. The number of aryl methyl sites for hydroxylation is 1. The third-order valence-electron chi connectivity index (χ3n) is 3.24. The van der Waals surface area contributed by atoms with Gasteiger partial charge in [-0.1, -0.05) is 18.2 Å². The summed E-state index contributed by atoms with van der Waals surface area (Å²) >= 11 is 0. The molecule has 0 bridgehead atoms. The number of halogens is 1. The van der Waals surface area contributed by atoms with E-state index >= 15 is 0 Å². The van der Waals surface area contributed by atoms with Crippen LogP contribution in [0.15, 0.2) is 35.5 Å². The van der Waals surface area contributed by atoms with Gasteiger partial charge in [-0.2, -0.15) is 0 Å². The first-order valence-electron chi connectivity index (χ1n) is 7.42. The van der Waals surface area contributed by atoms with Crippen LogP contribution in [-0.4, -0.2) is 30.6 Å². The summed E-state index contributed by atoms with van der Waals surface area (Å²) in [5.74, 6) is 0.911. The van der Waals surface area contributed by atoms with Crippen LogP contribution in [0, 0.1) is 0 Å². The Morgan fingerprint density at radius 2 is 1.86 bits per heavy atom. The Hall–Kier alpha value is -1.24. The van der Waals surface area contributed by atoms with E-state index in [0.717, 1.165) is 38.4 Å². The van der Waals surface area contributed by atoms with Gasteiger partial charge in [0.05, 0.1) is 0 Å². The summed E-state index contributed by atoms with van der Waals surface area (Å²) in [5, 5.41) is 7.81. The standard InChI is InChI=1S/C16H24N4.HI/c1-3-17-16(18-4-2)19-11-7-8-13-12-20-15-10-6-5-9-14(13)15;/h5-6,9-10,12,20H,3-4,7-8,11H2,1-2H3,(H2,17,18,19);1H. The first-order chi connectivity index (χ1) is 9.85. The summed E-state index contributed by atoms with van der Waals surface area (Å²) in [6, 6.07) is 8.44. The fourth-order valence-corrected chi connectivity index (χ4v) is 2.31. The number of H-pyrrole nitrogens is 1. The van der Waals surface area contributed by atoms with Crippen molar-refractivity contribution in [2.75, 3.05) is 19.6 Å². The highest BCUT2D eigenvalue weighted by Crippen LogP contribution is 2.18. The predicted molar refractivity (Wildman–Crippen MR) is 102 cm³/mol. The van der Waals surface area contributed by atoms with Crippen LogP contribution in [-0.2, 0) is 6.42 Å². The maximum atomic E-state index is 4.57. The van der Waals surface area contributed by atoms with E-state index in [1.165, 1.54) is 16.5 Å². The van der Waals surface area contributed by atoms with Gasteiger partial charge in [0.2, 0.25) is 0 Å². The van der Waals surface area contributed by atoms with Crippen LogP contribution in [0.4, 0.5) is 0 Å². The smallest absolute Gasteiger partial charge is 0.191 e. The minimum atomic E-state index is 0. The van der Waals surface area contributed by atoms with Crippen molar-refractivity contribution in [2.24, 2.45) is 4.99 Å². The summed E-state index contributed by atoms with van der Waals surface area (Å²) in [6.45, 7) is 6.80. The van der Waals surface area contributed by atoms with Crippen LogP contribution < -0.4 is 10.6 Å². The monoisotopic (exact) mass is 400 g/mol. The third kappa shape index (κ3) is 5.22. The van der Waals surface area contributed by atoms with E-state index in [9.17, 15) is 0 Å². The van der Waals surface area contributed by atoms with Crippen LogP contribution in [0.2, 0.25) is 0 Å². The Morgan fingerprint density at radius 1 is 1.14 bits per heavy atom. The first-order valence-corrected chi connectivity index (χ1v) is 7.42. The van der Waals surface area contributed by atoms with Gasteiger partial charge in [0.25, 0.3) is 0 Å². The third-order valence-corrected chi connectivity index (χ3v) is 3.24. The van der Waals surface area contributed by atoms with E-state index < -0.39 is 0 Å². The average Bonchev–Trinajstić information content (AvgIpc) is 2.87. The molecule has 0 unspecified atom stereocenters. The minimum Gasteiger partial charge on any atom is -0.361 e. The summed E-state index contributed by atoms with van der Waals surface area (Å²) in [4.78, 5) is 7.88. The Labute approximate surface area is 143 Å². The molecular weight excluding hydrogens is 375 g/mol. The van der Waals surface area contributed by atoms with Gasteiger partial charge < -0.3 is 15.6 Å². The predicted octanol–water partition coefficient (Wildman–Crippen LogP) is 3.29. The number of aliphatic imine (C=N–C) groups is 1. The van der Waals surface area contributed by atoms with Crippen LogP contribution in [0.1, 0.15) is 25.8 Å². The maximum Gasteiger partial charge on any atom is 0.191 e. The molecule has 1 aromatic carbocycles. The van der Waals surface area contributed by atoms with Gasteiger partial charge in [-0.15, -0.1) is 24.0 Å². The van der Waals surface area contributed by atoms with E-state index in [1.807, 2.05) is 0 Å². The van der Waals surface area contributed by atoms with Crippen LogP contribution >= 0.6 is 24.0 Å². The molecule has 21 heavy (non-hydrogen) atoms. The molecule has 3 N–H and O–H groups in total. The number of fused-ring (bicyclic) bond motifs is 1. The quantitative estimate of drug-likeness (QED) is 0.302. The zero-order chi connectivity index (χ0) is 14.2. The molecule has 116 valence electrons. The number of guanidine groups is 1. The van der Waals surface area contributed by atoms with Crippen LogP contribution in [0.3, 0.4) is 0 Å². The summed E-state index contributed by atoms with van der Waals surface area (Å²) in [5.41, 5.74) is 2.59. The molecule has 4 nitrogen and oxygen atoms in total. The zero-order valence-electron chi connectivity index (χ0n) is 12.8. The van der Waals surface area contributed by atoms with Gasteiger partial charge in [-0.05, 0) is 38.3 Å². The highest BCUT2D eigenvalue weighted by molar-refractivity contribution is 14.0. The molecule has 1 heterocycles. The van der Waals surface area contributed by atoms with E-state index in [1.54, 1.807) is 0 Å². The minimum absolute atomic E-state index is 0. The van der Waals surface area contributed by atoms with Crippen molar-refractivity contribution in [3.63, 3.8) is 0 Å². The molecule has 2 rings (SSSR count). The van der Waals surface area contributed by atoms with Crippen molar-refractivity contribution < 1.29 is 0 Å². The highest BCUT2D eigenvalue weighted by atomic mass is 127. The summed E-state index contributed by atoms with van der Waals surface area (Å²) < 4.78 is 0. The van der Waals surface area contributed by atoms with E-state index in [4.69, 9.17) is 0 Å². The lowest BCUT2D eigenvalue weighted by Gasteiger charge is -2.08. The van der Waals surface area contributed by atoms with Crippen molar-refractivity contribution in [1.82, 2.24) is 15.6 Å². The largest absolute Gasteiger partial charge is 0.361 e. The molecule has 2 aromatic rings. The highest BCUT2D eigenvalue weighted by Gasteiger charge is 2.02. The Morgan fingerprint density at radius 3 is 2.57 bits per heavy atom. The Kier molecular flexibility index (Phi) is 8.19. The zero-order valence-corrected chi connectivity index (χ0v) is 15.1. The fraction of sp³-hybridized carbons (Fsp3) is 0.438. The number of nitrogens with one attached hydrogen (secondary N) is 3. The molecule has 0 saturated heterocycles. The average molecular weight is 400 g/mol. The number of aromatic amines is 1. The van der Waals surface area contributed by atoms with Gasteiger partial charge in [-0.25, -0.2) is 0 Å². The lowest BCUT2D eigenvalue weighted by atomic mass is 10.1. The number of nitrogens with zero attached hydrogens (tertiary/aromatic N) is 1. The van der Waals surface area contributed by atoms with Gasteiger partial charge in [0.1, 0.15) is 0 Å². The number of hydrogen-bond acceptors (Lipinski definition) is 1. The second-order valence-electron chi connectivity index (χ2n) is 4.75. The molecular formula is C16H25IN4. The molecule has 0 radical (unpaired) electrons. The molecule has 0 aliphatic heterocycles. The van der Waals surface area contributed by atoms with Crippen LogP contribution in [0.25, 0.3) is 10.9 Å². The van der Waals surface area contributed by atoms with Gasteiger partial charge >= 0.3 is 0 Å². The second kappa shape index (κ2) is 9.65. The molecule has 0 atom stereocenters. The molecule has 1 aromatic heterocycles. The van der Waals surface area contributed by atoms with Crippen molar-refractivity contribution in [3.05, 3.63) is 36.0 Å². The molecule has 0 amide bonds. The lowest BCUT2D eigenvalue weighted by Crippen LogP contribution is -2.37. The molecule has 0 aliphatic rings. The Balaban J connectivity index is 0.00000220.